The third-order valence-corrected chi connectivity index (χ3v) is 9.89. The van der Waals surface area contributed by atoms with Crippen molar-refractivity contribution in [2.75, 3.05) is 32.8 Å². The van der Waals surface area contributed by atoms with Crippen LogP contribution in [-0.2, 0) is 14.3 Å². The van der Waals surface area contributed by atoms with Crippen LogP contribution in [0.3, 0.4) is 0 Å². The number of aryl methyl sites for hydroxylation is 1. The molecule has 5 rings (SSSR count). The van der Waals surface area contributed by atoms with Crippen molar-refractivity contribution in [2.24, 2.45) is 10.4 Å². The topological polar surface area (TPSA) is 107 Å². The van der Waals surface area contributed by atoms with Gasteiger partial charge in [-0.25, -0.2) is 27.3 Å². The van der Waals surface area contributed by atoms with E-state index in [4.69, 9.17) is 9.73 Å². The summed E-state index contributed by atoms with van der Waals surface area (Å²) in [5.41, 5.74) is 0.0691. The molecule has 9 nitrogen and oxygen atoms in total. The van der Waals surface area contributed by atoms with Crippen LogP contribution in [0, 0.1) is 25.1 Å². The molecule has 0 saturated carbocycles. The van der Waals surface area contributed by atoms with Crippen LogP contribution in [-0.4, -0.2) is 94.6 Å². The van der Waals surface area contributed by atoms with Crippen LogP contribution in [0.4, 0.5) is 17.6 Å². The minimum Gasteiger partial charge on any atom is -0.481 e. The first kappa shape index (κ1) is 33.0. The molecule has 3 aliphatic heterocycles. The summed E-state index contributed by atoms with van der Waals surface area (Å²) in [6.07, 6.45) is -1.57. The minimum absolute atomic E-state index is 0.0469. The summed E-state index contributed by atoms with van der Waals surface area (Å²) in [6.45, 7) is 6.51. The van der Waals surface area contributed by atoms with E-state index < -0.39 is 66.5 Å². The molecule has 0 aliphatic carbocycles. The maximum atomic E-state index is 15.7. The number of carbonyl (C=O) groups is 2. The van der Waals surface area contributed by atoms with Gasteiger partial charge in [-0.1, -0.05) is 12.1 Å². The summed E-state index contributed by atoms with van der Waals surface area (Å²) >= 11 is 1.32. The molecule has 0 radical (unpaired) electrons. The Morgan fingerprint density at radius 2 is 2.00 bits per heavy atom. The maximum absolute atomic E-state index is 15.7. The second-order valence-corrected chi connectivity index (χ2v) is 13.2. The SMILES string of the molecule is CCOC(=O)C1=C(CN2CC(F)(F)[C@H]3[C@@H]2CCN3C[C@@H](F)C(C)(C)C(=O)O)NC(c2nc(C)cs2)=N[C@H]1c1cccc(F)c1C. The Labute approximate surface area is 263 Å². The van der Waals surface area contributed by atoms with Gasteiger partial charge in [-0.05, 0) is 58.2 Å². The smallest absolute Gasteiger partial charge is 0.338 e. The van der Waals surface area contributed by atoms with Crippen LogP contribution in [0.25, 0.3) is 0 Å². The molecule has 0 amide bonds. The Balaban J connectivity index is 1.53. The van der Waals surface area contributed by atoms with Crippen molar-refractivity contribution in [1.29, 1.82) is 0 Å². The Bertz CT molecular complexity index is 1540. The Morgan fingerprint density at radius 3 is 2.64 bits per heavy atom. The number of hydrogen-bond donors (Lipinski definition) is 2. The van der Waals surface area contributed by atoms with Gasteiger partial charge in [0.25, 0.3) is 5.92 Å². The number of carboxylic acid groups (broad SMARTS) is 1. The van der Waals surface area contributed by atoms with Crippen LogP contribution in [0.1, 0.15) is 55.1 Å². The van der Waals surface area contributed by atoms with Gasteiger partial charge in [0, 0.05) is 42.4 Å². The van der Waals surface area contributed by atoms with Gasteiger partial charge in [0.15, 0.2) is 10.8 Å². The molecular weight excluding hydrogens is 614 g/mol. The number of aliphatic carboxylic acids is 1. The first-order valence-corrected chi connectivity index (χ1v) is 15.7. The summed E-state index contributed by atoms with van der Waals surface area (Å²) in [4.78, 5) is 37.3. The lowest BCUT2D eigenvalue weighted by Crippen LogP contribution is -2.50. The number of rotatable bonds is 10. The van der Waals surface area contributed by atoms with Crippen molar-refractivity contribution < 1.29 is 37.0 Å². The lowest BCUT2D eigenvalue weighted by atomic mass is 9.87. The Kier molecular flexibility index (Phi) is 9.13. The number of amidine groups is 1. The van der Waals surface area contributed by atoms with Crippen molar-refractivity contribution in [1.82, 2.24) is 20.1 Å². The van der Waals surface area contributed by atoms with Crippen molar-refractivity contribution in [3.8, 4) is 0 Å². The molecular formula is C31H37F4N5O4S. The number of likely N-dealkylation sites (tertiary alicyclic amines) is 2. The van der Waals surface area contributed by atoms with Gasteiger partial charge in [0.1, 0.15) is 18.0 Å². The Hall–Kier alpha value is -3.36. The first-order valence-electron chi connectivity index (χ1n) is 14.8. The fraction of sp³-hybridized carbons (Fsp3) is 0.548. The first-order chi connectivity index (χ1) is 21.1. The van der Waals surface area contributed by atoms with Crippen LogP contribution in [0.2, 0.25) is 0 Å². The van der Waals surface area contributed by atoms with Crippen molar-refractivity contribution >= 4 is 29.1 Å². The highest BCUT2D eigenvalue weighted by Gasteiger charge is 2.60. The lowest BCUT2D eigenvalue weighted by molar-refractivity contribution is -0.151. The number of carboxylic acids is 1. The van der Waals surface area contributed by atoms with Gasteiger partial charge in [-0.15, -0.1) is 11.3 Å². The van der Waals surface area contributed by atoms with Crippen LogP contribution in [0.15, 0.2) is 39.8 Å². The number of halogens is 4. The van der Waals surface area contributed by atoms with E-state index in [1.165, 1.54) is 42.2 Å². The number of hydrogen-bond acceptors (Lipinski definition) is 9. The normalized spacial score (nSPS) is 24.3. The standard InChI is InChI=1S/C31H37F4N5O4S/c1-6-44-28(41)23-20(37-26(27-36-16(2)14-45-27)38-24(23)18-8-7-9-19(32)17(18)3)12-40-15-31(34,35)25-21(40)10-11-39(25)13-22(33)30(4,5)29(42)43/h7-9,14,21-22,24-25H,6,10-13,15H2,1-5H3,(H,37,38)(H,42,43)/t21-,22+,24-,25+/m0/s1. The predicted molar refractivity (Wildman–Crippen MR) is 161 cm³/mol. The van der Waals surface area contributed by atoms with E-state index in [-0.39, 0.29) is 36.5 Å². The number of ether oxygens (including phenoxy) is 1. The molecule has 2 N–H and O–H groups in total. The molecule has 14 heteroatoms. The molecule has 244 valence electrons. The van der Waals surface area contributed by atoms with Gasteiger partial charge in [-0.3, -0.25) is 19.6 Å². The average Bonchev–Trinajstić information content (AvgIpc) is 3.66. The number of aliphatic imine (C=N–C) groups is 1. The molecule has 4 atom stereocenters. The number of nitrogens with one attached hydrogen (secondary N) is 1. The predicted octanol–water partition coefficient (Wildman–Crippen LogP) is 4.65. The molecule has 0 spiro atoms. The highest BCUT2D eigenvalue weighted by molar-refractivity contribution is 7.11. The maximum Gasteiger partial charge on any atom is 0.338 e. The summed E-state index contributed by atoms with van der Waals surface area (Å²) in [6, 6.07) is 1.46. The monoisotopic (exact) mass is 651 g/mol. The second-order valence-electron chi connectivity index (χ2n) is 12.3. The zero-order valence-electron chi connectivity index (χ0n) is 25.7. The third-order valence-electron chi connectivity index (χ3n) is 8.92. The largest absolute Gasteiger partial charge is 0.481 e. The zero-order chi connectivity index (χ0) is 32.8. The van der Waals surface area contributed by atoms with E-state index in [9.17, 15) is 19.1 Å². The number of esters is 1. The number of alkyl halides is 3. The van der Waals surface area contributed by atoms with Gasteiger partial charge in [0.05, 0.1) is 30.2 Å². The molecule has 2 fully saturated rings. The van der Waals surface area contributed by atoms with E-state index in [1.54, 1.807) is 24.8 Å². The zero-order valence-corrected chi connectivity index (χ0v) is 26.6. The van der Waals surface area contributed by atoms with Crippen LogP contribution in [0.5, 0.6) is 0 Å². The van der Waals surface area contributed by atoms with E-state index in [2.05, 4.69) is 10.3 Å². The molecule has 3 aliphatic rings. The quantitative estimate of drug-likeness (QED) is 0.283. The van der Waals surface area contributed by atoms with Crippen LogP contribution >= 0.6 is 11.3 Å². The number of thiazole rings is 1. The highest BCUT2D eigenvalue weighted by Crippen LogP contribution is 2.43. The van der Waals surface area contributed by atoms with E-state index in [0.717, 1.165) is 5.69 Å². The number of aromatic nitrogens is 1. The van der Waals surface area contributed by atoms with E-state index in [1.807, 2.05) is 12.3 Å². The summed E-state index contributed by atoms with van der Waals surface area (Å²) < 4.78 is 66.7. The van der Waals surface area contributed by atoms with Crippen LogP contribution < -0.4 is 5.32 Å². The average molecular weight is 652 g/mol. The van der Waals surface area contributed by atoms with Crippen molar-refractivity contribution in [3.05, 3.63) is 62.5 Å². The number of carbonyl (C=O) groups excluding carboxylic acids is 1. The molecule has 0 bridgehead atoms. The number of nitrogens with zero attached hydrogens (tertiary/aromatic N) is 4. The van der Waals surface area contributed by atoms with E-state index >= 15 is 13.2 Å². The van der Waals surface area contributed by atoms with Gasteiger partial charge >= 0.3 is 11.9 Å². The molecule has 0 unspecified atom stereocenters. The summed E-state index contributed by atoms with van der Waals surface area (Å²) in [7, 11) is 0. The molecule has 45 heavy (non-hydrogen) atoms. The minimum atomic E-state index is -3.24. The number of fused-ring (bicyclic) bond motifs is 1. The second kappa shape index (κ2) is 12.4. The molecule has 1 aromatic heterocycles. The summed E-state index contributed by atoms with van der Waals surface area (Å²) in [5.74, 6) is -5.46. The fourth-order valence-electron chi connectivity index (χ4n) is 6.29. The molecule has 4 heterocycles. The molecule has 2 aromatic rings. The van der Waals surface area contributed by atoms with Crippen molar-refractivity contribution in [2.45, 2.75) is 71.3 Å². The summed E-state index contributed by atoms with van der Waals surface area (Å²) in [5, 5.41) is 15.0. The number of benzene rings is 1. The molecule has 2 saturated heterocycles. The van der Waals surface area contributed by atoms with Gasteiger partial charge < -0.3 is 15.2 Å². The molecule has 1 aromatic carbocycles. The Morgan fingerprint density at radius 1 is 1.27 bits per heavy atom. The van der Waals surface area contributed by atoms with Gasteiger partial charge in [-0.2, -0.15) is 0 Å². The van der Waals surface area contributed by atoms with Gasteiger partial charge in [0.2, 0.25) is 0 Å². The lowest BCUT2D eigenvalue weighted by Gasteiger charge is -2.33. The highest BCUT2D eigenvalue weighted by atomic mass is 32.1. The van der Waals surface area contributed by atoms with Crippen molar-refractivity contribution in [3.63, 3.8) is 0 Å². The van der Waals surface area contributed by atoms with E-state index in [0.29, 0.717) is 22.8 Å². The fourth-order valence-corrected chi connectivity index (χ4v) is 7.03. The third kappa shape index (κ3) is 6.24.